The van der Waals surface area contributed by atoms with E-state index < -0.39 is 6.04 Å². The smallest absolute Gasteiger partial charge is 0.241 e. The summed E-state index contributed by atoms with van der Waals surface area (Å²) in [7, 11) is 0. The molecule has 23 heavy (non-hydrogen) atoms. The second-order valence-corrected chi connectivity index (χ2v) is 5.84. The zero-order chi connectivity index (χ0) is 16.2. The molecular weight excluding hydrogens is 294 g/mol. The lowest BCUT2D eigenvalue weighted by atomic mass is 9.92. The van der Waals surface area contributed by atoms with Gasteiger partial charge in [-0.3, -0.25) is 4.79 Å². The number of oxazole rings is 1. The van der Waals surface area contributed by atoms with E-state index >= 15 is 0 Å². The maximum atomic E-state index is 12.3. The molecule has 3 N–H and O–H groups in total. The highest BCUT2D eigenvalue weighted by molar-refractivity contribution is 5.95. The van der Waals surface area contributed by atoms with Crippen molar-refractivity contribution in [1.29, 1.82) is 0 Å². The Labute approximate surface area is 135 Å². The largest absolute Gasteiger partial charge is 0.444 e. The second-order valence-electron chi connectivity index (χ2n) is 5.84. The second kappa shape index (κ2) is 6.93. The molecule has 2 aromatic rings. The number of hydrogen-bond donors (Lipinski definition) is 2. The third-order valence-corrected chi connectivity index (χ3v) is 4.07. The zero-order valence-electron chi connectivity index (χ0n) is 13.1. The molecule has 1 fully saturated rings. The summed E-state index contributed by atoms with van der Waals surface area (Å²) in [6.07, 6.45) is 3.25. The Bertz CT molecular complexity index is 677. The Morgan fingerprint density at radius 1 is 1.39 bits per heavy atom. The average molecular weight is 315 g/mol. The van der Waals surface area contributed by atoms with Gasteiger partial charge in [0.1, 0.15) is 6.26 Å². The first-order valence-corrected chi connectivity index (χ1v) is 7.80. The van der Waals surface area contributed by atoms with Gasteiger partial charge in [-0.25, -0.2) is 4.98 Å². The number of carbonyl (C=O) groups excluding carboxylic acids is 1. The van der Waals surface area contributed by atoms with Crippen molar-refractivity contribution in [3.8, 4) is 11.5 Å². The van der Waals surface area contributed by atoms with Crippen LogP contribution in [0.1, 0.15) is 18.5 Å². The first-order valence-electron chi connectivity index (χ1n) is 7.80. The van der Waals surface area contributed by atoms with Crippen molar-refractivity contribution in [3.63, 3.8) is 0 Å². The number of hydrogen-bond acceptors (Lipinski definition) is 5. The quantitative estimate of drug-likeness (QED) is 0.904. The third kappa shape index (κ3) is 3.78. The average Bonchev–Trinajstić information content (AvgIpc) is 3.02. The first-order chi connectivity index (χ1) is 11.1. The standard InChI is InChI=1S/C17H21N3O3/c1-11-10-23-17(19-11)13-3-2-4-14(9-13)20-16(21)15(18)12-5-7-22-8-6-12/h2-4,9-10,12,15H,5-8,18H2,1H3,(H,20,21). The van der Waals surface area contributed by atoms with Crippen LogP contribution in [0.15, 0.2) is 34.9 Å². The molecule has 1 saturated heterocycles. The summed E-state index contributed by atoms with van der Waals surface area (Å²) in [6.45, 7) is 3.21. The number of benzene rings is 1. The highest BCUT2D eigenvalue weighted by Crippen LogP contribution is 2.23. The van der Waals surface area contributed by atoms with Gasteiger partial charge in [-0.15, -0.1) is 0 Å². The molecule has 1 aliphatic heterocycles. The summed E-state index contributed by atoms with van der Waals surface area (Å²) in [6, 6.07) is 6.88. The molecule has 122 valence electrons. The minimum atomic E-state index is -0.522. The van der Waals surface area contributed by atoms with Crippen LogP contribution in [-0.2, 0) is 9.53 Å². The number of nitrogens with zero attached hydrogens (tertiary/aromatic N) is 1. The van der Waals surface area contributed by atoms with Crippen molar-refractivity contribution in [2.24, 2.45) is 11.7 Å². The molecule has 0 radical (unpaired) electrons. The van der Waals surface area contributed by atoms with Gasteiger partial charge >= 0.3 is 0 Å². The molecule has 6 heteroatoms. The van der Waals surface area contributed by atoms with Crippen LogP contribution in [0, 0.1) is 12.8 Å². The lowest BCUT2D eigenvalue weighted by Gasteiger charge is -2.26. The van der Waals surface area contributed by atoms with Gasteiger partial charge in [0.25, 0.3) is 0 Å². The number of carbonyl (C=O) groups is 1. The van der Waals surface area contributed by atoms with Crippen LogP contribution < -0.4 is 11.1 Å². The minimum absolute atomic E-state index is 0.168. The number of aryl methyl sites for hydroxylation is 1. The van der Waals surface area contributed by atoms with Crippen LogP contribution in [0.5, 0.6) is 0 Å². The van der Waals surface area contributed by atoms with E-state index in [9.17, 15) is 4.79 Å². The van der Waals surface area contributed by atoms with E-state index in [4.69, 9.17) is 14.9 Å². The van der Waals surface area contributed by atoms with Crippen LogP contribution >= 0.6 is 0 Å². The van der Waals surface area contributed by atoms with E-state index in [-0.39, 0.29) is 11.8 Å². The van der Waals surface area contributed by atoms with Crippen LogP contribution in [0.4, 0.5) is 5.69 Å². The highest BCUT2D eigenvalue weighted by Gasteiger charge is 2.26. The number of anilines is 1. The summed E-state index contributed by atoms with van der Waals surface area (Å²) < 4.78 is 10.7. The normalized spacial score (nSPS) is 17.0. The zero-order valence-corrected chi connectivity index (χ0v) is 13.1. The van der Waals surface area contributed by atoms with Crippen LogP contribution in [0.2, 0.25) is 0 Å². The predicted molar refractivity (Wildman–Crippen MR) is 86.8 cm³/mol. The number of rotatable bonds is 4. The lowest BCUT2D eigenvalue weighted by molar-refractivity contribution is -0.119. The van der Waals surface area contributed by atoms with Crippen molar-refractivity contribution in [3.05, 3.63) is 36.2 Å². The number of aromatic nitrogens is 1. The van der Waals surface area contributed by atoms with Crippen molar-refractivity contribution in [1.82, 2.24) is 4.98 Å². The Balaban J connectivity index is 1.68. The van der Waals surface area contributed by atoms with Crippen LogP contribution in [-0.4, -0.2) is 30.1 Å². The molecule has 3 rings (SSSR count). The molecule has 0 aliphatic carbocycles. The van der Waals surface area contributed by atoms with Gasteiger partial charge in [0.2, 0.25) is 11.8 Å². The number of nitrogens with two attached hydrogens (primary N) is 1. The third-order valence-electron chi connectivity index (χ3n) is 4.07. The fourth-order valence-corrected chi connectivity index (χ4v) is 2.73. The molecule has 0 saturated carbocycles. The maximum Gasteiger partial charge on any atom is 0.241 e. The van der Waals surface area contributed by atoms with Crippen LogP contribution in [0.3, 0.4) is 0 Å². The van der Waals surface area contributed by atoms with Gasteiger partial charge in [0.05, 0.1) is 11.7 Å². The molecular formula is C17H21N3O3. The van der Waals surface area contributed by atoms with Gasteiger partial charge in [-0.05, 0) is 43.9 Å². The van der Waals surface area contributed by atoms with E-state index in [1.165, 1.54) is 0 Å². The van der Waals surface area contributed by atoms with Crippen molar-refractivity contribution < 1.29 is 13.9 Å². The van der Waals surface area contributed by atoms with E-state index in [0.717, 1.165) is 24.1 Å². The van der Waals surface area contributed by atoms with Crippen molar-refractivity contribution >= 4 is 11.6 Å². The lowest BCUT2D eigenvalue weighted by Crippen LogP contribution is -2.44. The molecule has 6 nitrogen and oxygen atoms in total. The predicted octanol–water partition coefficient (Wildman–Crippen LogP) is 2.34. The fraction of sp³-hybridized carbons (Fsp3) is 0.412. The summed E-state index contributed by atoms with van der Waals surface area (Å²) in [5.74, 6) is 0.534. The van der Waals surface area contributed by atoms with Gasteiger partial charge in [-0.1, -0.05) is 6.07 Å². The summed E-state index contributed by atoms with van der Waals surface area (Å²) in [4.78, 5) is 16.6. The van der Waals surface area contributed by atoms with Gasteiger partial charge < -0.3 is 20.2 Å². The molecule has 0 spiro atoms. The van der Waals surface area contributed by atoms with Gasteiger partial charge in [0, 0.05) is 24.5 Å². The molecule has 1 aliphatic rings. The molecule has 0 bridgehead atoms. The number of nitrogens with one attached hydrogen (secondary N) is 1. The monoisotopic (exact) mass is 315 g/mol. The fourth-order valence-electron chi connectivity index (χ4n) is 2.73. The first kappa shape index (κ1) is 15.7. The van der Waals surface area contributed by atoms with Gasteiger partial charge in [-0.2, -0.15) is 0 Å². The summed E-state index contributed by atoms with van der Waals surface area (Å²) in [5, 5.41) is 2.88. The topological polar surface area (TPSA) is 90.4 Å². The Morgan fingerprint density at radius 3 is 2.87 bits per heavy atom. The van der Waals surface area contributed by atoms with Crippen molar-refractivity contribution in [2.45, 2.75) is 25.8 Å². The molecule has 1 unspecified atom stereocenters. The van der Waals surface area contributed by atoms with Crippen molar-refractivity contribution in [2.75, 3.05) is 18.5 Å². The Morgan fingerprint density at radius 2 is 2.17 bits per heavy atom. The molecule has 1 atom stereocenters. The minimum Gasteiger partial charge on any atom is -0.444 e. The van der Waals surface area contributed by atoms with E-state index in [1.807, 2.05) is 31.2 Å². The van der Waals surface area contributed by atoms with E-state index in [2.05, 4.69) is 10.3 Å². The number of ether oxygens (including phenoxy) is 1. The summed E-state index contributed by atoms with van der Waals surface area (Å²) >= 11 is 0. The molecule has 1 aromatic heterocycles. The van der Waals surface area contributed by atoms with E-state index in [1.54, 1.807) is 6.26 Å². The Kier molecular flexibility index (Phi) is 4.73. The highest BCUT2D eigenvalue weighted by atomic mass is 16.5. The number of amides is 1. The maximum absolute atomic E-state index is 12.3. The van der Waals surface area contributed by atoms with E-state index in [0.29, 0.717) is 24.8 Å². The molecule has 1 amide bonds. The summed E-state index contributed by atoms with van der Waals surface area (Å²) in [5.41, 5.74) is 8.41. The molecule has 2 heterocycles. The SMILES string of the molecule is Cc1coc(-c2cccc(NC(=O)C(N)C3CCOCC3)c2)n1. The van der Waals surface area contributed by atoms with Crippen LogP contribution in [0.25, 0.3) is 11.5 Å². The Hall–Kier alpha value is -2.18. The molecule has 1 aromatic carbocycles. The van der Waals surface area contributed by atoms with Gasteiger partial charge in [0.15, 0.2) is 0 Å².